The van der Waals surface area contributed by atoms with Crippen LogP contribution in [0, 0.1) is 11.6 Å². The summed E-state index contributed by atoms with van der Waals surface area (Å²) in [5, 5.41) is 2.87. The van der Waals surface area contributed by atoms with Gasteiger partial charge in [0, 0.05) is 24.4 Å². The molecule has 0 fully saturated rings. The predicted octanol–water partition coefficient (Wildman–Crippen LogP) is 2.00. The van der Waals surface area contributed by atoms with E-state index < -0.39 is 11.6 Å². The first-order valence-corrected chi connectivity index (χ1v) is 5.43. The average molecular weight is 250 g/mol. The number of anilines is 2. The zero-order chi connectivity index (χ0) is 13.0. The van der Waals surface area contributed by atoms with Crippen molar-refractivity contribution in [3.63, 3.8) is 0 Å². The van der Waals surface area contributed by atoms with Crippen LogP contribution in [0.3, 0.4) is 0 Å². The highest BCUT2D eigenvalue weighted by molar-refractivity contribution is 5.55. The maximum atomic E-state index is 13.0. The van der Waals surface area contributed by atoms with Gasteiger partial charge in [-0.05, 0) is 24.7 Å². The van der Waals surface area contributed by atoms with Gasteiger partial charge >= 0.3 is 0 Å². The number of hydrogen-bond acceptors (Lipinski definition) is 4. The molecule has 0 aliphatic carbocycles. The molecule has 6 heteroatoms. The van der Waals surface area contributed by atoms with Crippen LogP contribution in [0.25, 0.3) is 0 Å². The Morgan fingerprint density at radius 1 is 1.17 bits per heavy atom. The summed E-state index contributed by atoms with van der Waals surface area (Å²) < 4.78 is 25.8. The second-order valence-corrected chi connectivity index (χ2v) is 3.65. The fourth-order valence-corrected chi connectivity index (χ4v) is 1.44. The van der Waals surface area contributed by atoms with Gasteiger partial charge < -0.3 is 11.1 Å². The zero-order valence-corrected chi connectivity index (χ0v) is 9.53. The Labute approximate surface area is 103 Å². The third kappa shape index (κ3) is 2.98. The van der Waals surface area contributed by atoms with Crippen LogP contribution in [0.4, 0.5) is 20.3 Å². The Morgan fingerprint density at radius 2 is 2.00 bits per heavy atom. The van der Waals surface area contributed by atoms with E-state index in [0.29, 0.717) is 30.3 Å². The van der Waals surface area contributed by atoms with Crippen LogP contribution in [-0.4, -0.2) is 16.5 Å². The summed E-state index contributed by atoms with van der Waals surface area (Å²) in [6, 6.07) is 5.20. The van der Waals surface area contributed by atoms with Crippen LogP contribution < -0.4 is 11.1 Å². The molecule has 2 rings (SSSR count). The number of aromatic nitrogens is 2. The van der Waals surface area contributed by atoms with Gasteiger partial charge in [0.1, 0.15) is 11.6 Å². The quantitative estimate of drug-likeness (QED) is 0.871. The minimum Gasteiger partial charge on any atom is -0.340 e. The molecule has 0 radical (unpaired) electrons. The first kappa shape index (κ1) is 12.4. The van der Waals surface area contributed by atoms with E-state index in [4.69, 9.17) is 5.73 Å². The van der Waals surface area contributed by atoms with E-state index in [-0.39, 0.29) is 0 Å². The van der Waals surface area contributed by atoms with Gasteiger partial charge in [-0.15, -0.1) is 0 Å². The molecule has 94 valence electrons. The second-order valence-electron chi connectivity index (χ2n) is 3.65. The molecule has 4 nitrogen and oxygen atoms in total. The summed E-state index contributed by atoms with van der Waals surface area (Å²) in [4.78, 5) is 8.23. The van der Waals surface area contributed by atoms with E-state index in [0.717, 1.165) is 12.1 Å². The molecule has 1 aromatic heterocycles. The van der Waals surface area contributed by atoms with Gasteiger partial charge in [0.15, 0.2) is 11.6 Å². The molecule has 3 N–H and O–H groups in total. The molecule has 0 saturated carbocycles. The highest BCUT2D eigenvalue weighted by atomic mass is 19.2. The largest absolute Gasteiger partial charge is 0.340 e. The molecule has 2 aromatic rings. The smallest absolute Gasteiger partial charge is 0.160 e. The summed E-state index contributed by atoms with van der Waals surface area (Å²) >= 11 is 0. The first-order chi connectivity index (χ1) is 8.69. The van der Waals surface area contributed by atoms with Crippen LogP contribution in [0.2, 0.25) is 0 Å². The fraction of sp³-hybridized carbons (Fsp3) is 0.167. The first-order valence-electron chi connectivity index (χ1n) is 5.43. The summed E-state index contributed by atoms with van der Waals surface area (Å²) in [7, 11) is 0. The Bertz CT molecular complexity index is 545. The van der Waals surface area contributed by atoms with Crippen molar-refractivity contribution in [2.24, 2.45) is 5.73 Å². The van der Waals surface area contributed by atoms with E-state index >= 15 is 0 Å². The Kier molecular flexibility index (Phi) is 3.78. The van der Waals surface area contributed by atoms with Gasteiger partial charge in [0.25, 0.3) is 0 Å². The molecular formula is C12H12F2N4. The minimum absolute atomic E-state index is 0.422. The summed E-state index contributed by atoms with van der Waals surface area (Å²) in [5.41, 5.74) is 5.83. The number of hydrogen-bond donors (Lipinski definition) is 2. The molecule has 0 spiro atoms. The van der Waals surface area contributed by atoms with Crippen molar-refractivity contribution in [1.82, 2.24) is 9.97 Å². The molecule has 0 aliphatic heterocycles. The van der Waals surface area contributed by atoms with Crippen LogP contribution in [-0.2, 0) is 6.42 Å². The lowest BCUT2D eigenvalue weighted by atomic mass is 10.3. The van der Waals surface area contributed by atoms with E-state index in [1.807, 2.05) is 0 Å². The van der Waals surface area contributed by atoms with E-state index in [2.05, 4.69) is 15.3 Å². The highest BCUT2D eigenvalue weighted by Crippen LogP contribution is 2.17. The average Bonchev–Trinajstić information content (AvgIpc) is 2.35. The standard InChI is InChI=1S/C12H12F2N4/c13-9-2-1-8(7-10(9)14)17-12-4-6-16-11(18-12)3-5-15/h1-2,4,6-7H,3,5,15H2,(H,16,17,18). The maximum Gasteiger partial charge on any atom is 0.160 e. The van der Waals surface area contributed by atoms with E-state index in [9.17, 15) is 8.78 Å². The Balaban J connectivity index is 2.17. The van der Waals surface area contributed by atoms with Crippen molar-refractivity contribution in [1.29, 1.82) is 0 Å². The van der Waals surface area contributed by atoms with Gasteiger partial charge in [0.05, 0.1) is 0 Å². The lowest BCUT2D eigenvalue weighted by Crippen LogP contribution is -2.07. The van der Waals surface area contributed by atoms with Crippen molar-refractivity contribution in [2.45, 2.75) is 6.42 Å². The van der Waals surface area contributed by atoms with Gasteiger partial charge in [-0.3, -0.25) is 0 Å². The molecule has 0 saturated heterocycles. The summed E-state index contributed by atoms with van der Waals surface area (Å²) in [6.45, 7) is 0.453. The number of nitrogens with zero attached hydrogens (tertiary/aromatic N) is 2. The normalized spacial score (nSPS) is 10.4. The molecule has 1 heterocycles. The third-order valence-corrected chi connectivity index (χ3v) is 2.27. The van der Waals surface area contributed by atoms with Crippen LogP contribution in [0.5, 0.6) is 0 Å². The van der Waals surface area contributed by atoms with Gasteiger partial charge in [-0.2, -0.15) is 0 Å². The highest BCUT2D eigenvalue weighted by Gasteiger charge is 2.04. The number of rotatable bonds is 4. The van der Waals surface area contributed by atoms with Crippen molar-refractivity contribution in [3.8, 4) is 0 Å². The maximum absolute atomic E-state index is 13.0. The third-order valence-electron chi connectivity index (χ3n) is 2.27. The monoisotopic (exact) mass is 250 g/mol. The molecule has 0 amide bonds. The molecule has 0 bridgehead atoms. The van der Waals surface area contributed by atoms with E-state index in [1.54, 1.807) is 12.3 Å². The van der Waals surface area contributed by atoms with Crippen molar-refractivity contribution < 1.29 is 8.78 Å². The molecule has 0 unspecified atom stereocenters. The molecule has 1 aromatic carbocycles. The van der Waals surface area contributed by atoms with E-state index in [1.165, 1.54) is 6.07 Å². The van der Waals surface area contributed by atoms with Crippen LogP contribution >= 0.6 is 0 Å². The SMILES string of the molecule is NCCc1nccc(Nc2ccc(F)c(F)c2)n1. The molecular weight excluding hydrogens is 238 g/mol. The number of nitrogens with one attached hydrogen (secondary N) is 1. The Hall–Kier alpha value is -2.08. The van der Waals surface area contributed by atoms with Crippen LogP contribution in [0.15, 0.2) is 30.5 Å². The topological polar surface area (TPSA) is 63.8 Å². The lowest BCUT2D eigenvalue weighted by Gasteiger charge is -2.06. The van der Waals surface area contributed by atoms with Gasteiger partial charge in [-0.1, -0.05) is 0 Å². The lowest BCUT2D eigenvalue weighted by molar-refractivity contribution is 0.509. The predicted molar refractivity (Wildman–Crippen MR) is 64.4 cm³/mol. The zero-order valence-electron chi connectivity index (χ0n) is 9.53. The fourth-order valence-electron chi connectivity index (χ4n) is 1.44. The molecule has 0 atom stereocenters. The molecule has 18 heavy (non-hydrogen) atoms. The molecule has 0 aliphatic rings. The van der Waals surface area contributed by atoms with Crippen molar-refractivity contribution in [2.75, 3.05) is 11.9 Å². The second kappa shape index (κ2) is 5.50. The number of benzene rings is 1. The number of halogens is 2. The Morgan fingerprint density at radius 3 is 2.72 bits per heavy atom. The van der Waals surface area contributed by atoms with Gasteiger partial charge in [0.2, 0.25) is 0 Å². The van der Waals surface area contributed by atoms with Crippen LogP contribution in [0.1, 0.15) is 5.82 Å². The van der Waals surface area contributed by atoms with Crippen molar-refractivity contribution in [3.05, 3.63) is 47.9 Å². The van der Waals surface area contributed by atoms with Gasteiger partial charge in [-0.25, -0.2) is 18.7 Å². The summed E-state index contributed by atoms with van der Waals surface area (Å²) in [5.74, 6) is -0.673. The van der Waals surface area contributed by atoms with Crippen molar-refractivity contribution >= 4 is 11.5 Å². The summed E-state index contributed by atoms with van der Waals surface area (Å²) in [6.07, 6.45) is 2.15. The minimum atomic E-state index is -0.906. The number of nitrogens with two attached hydrogens (primary N) is 1.